The molecule has 1 aromatic rings. The lowest BCUT2D eigenvalue weighted by Gasteiger charge is -2.14. The molecule has 2 N–H and O–H groups in total. The van der Waals surface area contributed by atoms with E-state index in [-0.39, 0.29) is 24.3 Å². The van der Waals surface area contributed by atoms with Crippen molar-refractivity contribution in [3.05, 3.63) is 30.1 Å². The Balaban J connectivity index is 1.78. The minimum atomic E-state index is 0.0487. The van der Waals surface area contributed by atoms with Gasteiger partial charge < -0.3 is 10.4 Å². The van der Waals surface area contributed by atoms with Crippen molar-refractivity contribution in [3.63, 3.8) is 0 Å². The summed E-state index contributed by atoms with van der Waals surface area (Å²) < 4.78 is 0. The summed E-state index contributed by atoms with van der Waals surface area (Å²) in [6.07, 6.45) is 4.46. The van der Waals surface area contributed by atoms with Crippen LogP contribution in [-0.4, -0.2) is 29.1 Å². The van der Waals surface area contributed by atoms with E-state index in [1.807, 2.05) is 18.2 Å². The van der Waals surface area contributed by atoms with E-state index in [9.17, 15) is 9.90 Å². The molecular formula is C13H18N2O2. The molecule has 1 amide bonds. The van der Waals surface area contributed by atoms with Crippen molar-refractivity contribution in [2.75, 3.05) is 13.2 Å². The van der Waals surface area contributed by atoms with Gasteiger partial charge in [0.2, 0.25) is 5.91 Å². The molecule has 0 aromatic carbocycles. The van der Waals surface area contributed by atoms with Crippen LogP contribution in [0.25, 0.3) is 0 Å². The number of rotatable bonds is 6. The Hall–Kier alpha value is -1.42. The summed E-state index contributed by atoms with van der Waals surface area (Å²) >= 11 is 0. The summed E-state index contributed by atoms with van der Waals surface area (Å²) in [6, 6.07) is 5.73. The van der Waals surface area contributed by atoms with Crippen LogP contribution in [0.3, 0.4) is 0 Å². The van der Waals surface area contributed by atoms with Gasteiger partial charge >= 0.3 is 0 Å². The van der Waals surface area contributed by atoms with E-state index in [0.717, 1.165) is 18.5 Å². The van der Waals surface area contributed by atoms with Gasteiger partial charge in [-0.2, -0.15) is 0 Å². The van der Waals surface area contributed by atoms with Crippen molar-refractivity contribution < 1.29 is 9.90 Å². The van der Waals surface area contributed by atoms with Crippen molar-refractivity contribution >= 4 is 5.91 Å². The van der Waals surface area contributed by atoms with Crippen LogP contribution >= 0.6 is 0 Å². The lowest BCUT2D eigenvalue weighted by Crippen LogP contribution is -2.32. The summed E-state index contributed by atoms with van der Waals surface area (Å²) in [5, 5.41) is 12.2. The number of carbonyl (C=O) groups is 1. The van der Waals surface area contributed by atoms with Crippen LogP contribution in [-0.2, 0) is 11.2 Å². The maximum absolute atomic E-state index is 11.5. The molecule has 1 heterocycles. The highest BCUT2D eigenvalue weighted by molar-refractivity contribution is 5.80. The van der Waals surface area contributed by atoms with Gasteiger partial charge in [-0.15, -0.1) is 0 Å². The molecular weight excluding hydrogens is 216 g/mol. The van der Waals surface area contributed by atoms with Crippen molar-refractivity contribution in [2.24, 2.45) is 11.8 Å². The molecule has 4 heteroatoms. The van der Waals surface area contributed by atoms with Crippen molar-refractivity contribution in [3.8, 4) is 0 Å². The van der Waals surface area contributed by atoms with Gasteiger partial charge in [0.1, 0.15) is 0 Å². The van der Waals surface area contributed by atoms with Gasteiger partial charge in [0.05, 0.1) is 0 Å². The Kier molecular flexibility index (Phi) is 4.09. The fraction of sp³-hybridized carbons (Fsp3) is 0.538. The van der Waals surface area contributed by atoms with E-state index < -0.39 is 0 Å². The van der Waals surface area contributed by atoms with Gasteiger partial charge in [0, 0.05) is 36.9 Å². The topological polar surface area (TPSA) is 62.2 Å². The van der Waals surface area contributed by atoms with Crippen LogP contribution in [0.5, 0.6) is 0 Å². The first-order chi connectivity index (χ1) is 8.29. The predicted octanol–water partition coefficient (Wildman–Crippen LogP) is 0.759. The summed E-state index contributed by atoms with van der Waals surface area (Å²) in [5.41, 5.74) is 0.951. The van der Waals surface area contributed by atoms with Gasteiger partial charge in [0.25, 0.3) is 0 Å². The van der Waals surface area contributed by atoms with E-state index in [1.54, 1.807) is 6.20 Å². The monoisotopic (exact) mass is 234 g/mol. The number of aromatic nitrogens is 1. The molecule has 1 aromatic heterocycles. The first kappa shape index (κ1) is 12.0. The Morgan fingerprint density at radius 1 is 1.53 bits per heavy atom. The largest absolute Gasteiger partial charge is 0.396 e. The normalized spacial score (nSPS) is 16.5. The van der Waals surface area contributed by atoms with Crippen LogP contribution in [0.4, 0.5) is 0 Å². The number of nitrogens with zero attached hydrogens (tertiary/aromatic N) is 1. The second kappa shape index (κ2) is 5.77. The second-order valence-corrected chi connectivity index (χ2v) is 4.59. The second-order valence-electron chi connectivity index (χ2n) is 4.59. The number of hydrogen-bond acceptors (Lipinski definition) is 3. The highest BCUT2D eigenvalue weighted by atomic mass is 16.3. The molecule has 0 aliphatic heterocycles. The lowest BCUT2D eigenvalue weighted by atomic mass is 10.0. The third kappa shape index (κ3) is 3.82. The number of pyridine rings is 1. The van der Waals surface area contributed by atoms with Crippen molar-refractivity contribution in [1.29, 1.82) is 0 Å². The van der Waals surface area contributed by atoms with E-state index in [2.05, 4.69) is 10.3 Å². The van der Waals surface area contributed by atoms with Gasteiger partial charge in [-0.1, -0.05) is 6.07 Å². The average molecular weight is 234 g/mol. The van der Waals surface area contributed by atoms with Crippen LogP contribution in [0.1, 0.15) is 18.5 Å². The van der Waals surface area contributed by atoms with Gasteiger partial charge in [0.15, 0.2) is 0 Å². The third-order valence-corrected chi connectivity index (χ3v) is 3.00. The molecule has 4 nitrogen and oxygen atoms in total. The Labute approximate surface area is 101 Å². The quantitative estimate of drug-likeness (QED) is 0.764. The molecule has 0 spiro atoms. The minimum Gasteiger partial charge on any atom is -0.396 e. The van der Waals surface area contributed by atoms with E-state index in [4.69, 9.17) is 0 Å². The van der Waals surface area contributed by atoms with Gasteiger partial charge in [-0.05, 0) is 31.4 Å². The number of amides is 1. The highest BCUT2D eigenvalue weighted by Crippen LogP contribution is 2.28. The highest BCUT2D eigenvalue weighted by Gasteiger charge is 2.29. The molecule has 0 saturated heterocycles. The number of nitrogens with one attached hydrogen (secondary N) is 1. The zero-order valence-corrected chi connectivity index (χ0v) is 9.80. The standard InChI is InChI=1S/C13H18N2O2/c16-9-10(7-12-3-1-2-6-14-12)8-15-13(17)11-4-5-11/h1-3,6,10-11,16H,4-5,7-9H2,(H,15,17). The van der Waals surface area contributed by atoms with E-state index in [0.29, 0.717) is 13.0 Å². The van der Waals surface area contributed by atoms with Crippen molar-refractivity contribution in [2.45, 2.75) is 19.3 Å². The Morgan fingerprint density at radius 3 is 2.94 bits per heavy atom. The summed E-state index contributed by atoms with van der Waals surface area (Å²) in [4.78, 5) is 15.7. The van der Waals surface area contributed by atoms with E-state index >= 15 is 0 Å². The molecule has 0 radical (unpaired) electrons. The fourth-order valence-corrected chi connectivity index (χ4v) is 1.75. The Bertz CT molecular complexity index is 363. The molecule has 2 rings (SSSR count). The van der Waals surface area contributed by atoms with Crippen molar-refractivity contribution in [1.82, 2.24) is 10.3 Å². The number of hydrogen-bond donors (Lipinski definition) is 2. The predicted molar refractivity (Wildman–Crippen MR) is 64.3 cm³/mol. The molecule has 1 saturated carbocycles. The first-order valence-electron chi connectivity index (χ1n) is 6.08. The SMILES string of the molecule is O=C(NCC(CO)Cc1ccccn1)C1CC1. The Morgan fingerprint density at radius 2 is 2.35 bits per heavy atom. The zero-order chi connectivity index (χ0) is 12.1. The maximum Gasteiger partial charge on any atom is 0.223 e. The average Bonchev–Trinajstić information content (AvgIpc) is 3.19. The minimum absolute atomic E-state index is 0.0487. The van der Waals surface area contributed by atoms with Crippen LogP contribution in [0.15, 0.2) is 24.4 Å². The number of carbonyl (C=O) groups excluding carboxylic acids is 1. The van der Waals surface area contributed by atoms with Crippen LogP contribution < -0.4 is 5.32 Å². The molecule has 1 fully saturated rings. The fourth-order valence-electron chi connectivity index (χ4n) is 1.75. The molecule has 1 unspecified atom stereocenters. The summed E-state index contributed by atoms with van der Waals surface area (Å²) in [5.74, 6) is 0.404. The molecule has 92 valence electrons. The number of aliphatic hydroxyl groups is 1. The van der Waals surface area contributed by atoms with E-state index in [1.165, 1.54) is 0 Å². The van der Waals surface area contributed by atoms with Gasteiger partial charge in [-0.25, -0.2) is 0 Å². The molecule has 1 atom stereocenters. The maximum atomic E-state index is 11.5. The zero-order valence-electron chi connectivity index (χ0n) is 9.80. The smallest absolute Gasteiger partial charge is 0.223 e. The van der Waals surface area contributed by atoms with Gasteiger partial charge in [-0.3, -0.25) is 9.78 Å². The van der Waals surface area contributed by atoms with Crippen LogP contribution in [0, 0.1) is 11.8 Å². The molecule has 17 heavy (non-hydrogen) atoms. The number of aliphatic hydroxyl groups excluding tert-OH is 1. The summed E-state index contributed by atoms with van der Waals surface area (Å²) in [7, 11) is 0. The molecule has 1 aliphatic carbocycles. The first-order valence-corrected chi connectivity index (χ1v) is 6.08. The molecule has 0 bridgehead atoms. The summed E-state index contributed by atoms with van der Waals surface area (Å²) in [6.45, 7) is 0.601. The van der Waals surface area contributed by atoms with Crippen LogP contribution in [0.2, 0.25) is 0 Å². The molecule has 1 aliphatic rings. The third-order valence-electron chi connectivity index (χ3n) is 3.00. The lowest BCUT2D eigenvalue weighted by molar-refractivity contribution is -0.122.